The van der Waals surface area contributed by atoms with Gasteiger partial charge in [-0.2, -0.15) is 5.26 Å². The van der Waals surface area contributed by atoms with E-state index in [0.29, 0.717) is 34.9 Å². The molecule has 0 saturated carbocycles. The topological polar surface area (TPSA) is 120 Å². The second-order valence-electron chi connectivity index (χ2n) is 10.8. The van der Waals surface area contributed by atoms with Crippen LogP contribution in [0.25, 0.3) is 10.1 Å². The van der Waals surface area contributed by atoms with Gasteiger partial charge in [0.1, 0.15) is 0 Å². The molecule has 1 amide bonds. The molecule has 1 unspecified atom stereocenters. The number of amides is 1. The molecule has 1 saturated heterocycles. The van der Waals surface area contributed by atoms with Crippen molar-refractivity contribution in [1.82, 2.24) is 19.8 Å². The fraction of sp³-hybridized carbons (Fsp3) is 0.242. The number of nitriles is 1. The van der Waals surface area contributed by atoms with Gasteiger partial charge in [0.05, 0.1) is 39.6 Å². The standard InChI is InChI=1S/C33H32N6O3S2/c34-20-24-8-10-25(11-9-24)22-39-23-35-21-29(39)33(44(41,42)28-6-2-1-3-7-28)37-27-12-13-30-26(18-27)19-31(43-30)32(40)36-14-17-38-15-4-5-16-38/h1-3,6-13,18-19,21,23,33,37H,4-5,14-17,22H2,(H,36,40). The van der Waals surface area contributed by atoms with Crippen molar-refractivity contribution in [3.05, 3.63) is 113 Å². The molecule has 44 heavy (non-hydrogen) atoms. The molecule has 1 fully saturated rings. The first-order valence-corrected chi connectivity index (χ1v) is 16.9. The maximum Gasteiger partial charge on any atom is 0.261 e. The number of carbonyl (C=O) groups excluding carboxylic acids is 1. The van der Waals surface area contributed by atoms with Crippen LogP contribution in [0.5, 0.6) is 0 Å². The Morgan fingerprint density at radius 1 is 1.02 bits per heavy atom. The summed E-state index contributed by atoms with van der Waals surface area (Å²) in [5.41, 5.74) is 2.54. The minimum atomic E-state index is -3.91. The fourth-order valence-electron chi connectivity index (χ4n) is 5.44. The van der Waals surface area contributed by atoms with Crippen LogP contribution in [0.3, 0.4) is 0 Å². The van der Waals surface area contributed by atoms with Gasteiger partial charge in [-0.05, 0) is 85.4 Å². The van der Waals surface area contributed by atoms with Crippen LogP contribution in [0.1, 0.15) is 44.7 Å². The molecule has 11 heteroatoms. The fourth-order valence-corrected chi connectivity index (χ4v) is 8.01. The van der Waals surface area contributed by atoms with Crippen molar-refractivity contribution in [1.29, 1.82) is 5.26 Å². The van der Waals surface area contributed by atoms with Crippen molar-refractivity contribution in [3.8, 4) is 6.07 Å². The number of anilines is 1. The number of carbonyl (C=O) groups is 1. The van der Waals surface area contributed by atoms with E-state index in [0.717, 1.165) is 35.3 Å². The molecule has 6 rings (SSSR count). The van der Waals surface area contributed by atoms with Crippen LogP contribution < -0.4 is 10.6 Å². The number of hydrogen-bond acceptors (Lipinski definition) is 8. The highest BCUT2D eigenvalue weighted by Gasteiger charge is 2.32. The third-order valence-corrected chi connectivity index (χ3v) is 10.8. The van der Waals surface area contributed by atoms with Crippen LogP contribution >= 0.6 is 11.3 Å². The highest BCUT2D eigenvalue weighted by atomic mass is 32.2. The molecule has 0 bridgehead atoms. The number of aromatic nitrogens is 2. The van der Waals surface area contributed by atoms with E-state index in [2.05, 4.69) is 26.6 Å². The van der Waals surface area contributed by atoms with Crippen LogP contribution in [-0.4, -0.2) is 55.0 Å². The van der Waals surface area contributed by atoms with Crippen LogP contribution in [0, 0.1) is 11.3 Å². The smallest absolute Gasteiger partial charge is 0.261 e. The number of sulfone groups is 1. The Morgan fingerprint density at radius 2 is 1.80 bits per heavy atom. The van der Waals surface area contributed by atoms with E-state index in [1.807, 2.05) is 36.4 Å². The van der Waals surface area contributed by atoms with Crippen molar-refractivity contribution in [2.24, 2.45) is 0 Å². The van der Waals surface area contributed by atoms with E-state index in [-0.39, 0.29) is 10.8 Å². The lowest BCUT2D eigenvalue weighted by Crippen LogP contribution is -2.33. The zero-order valence-electron chi connectivity index (χ0n) is 24.0. The first kappa shape index (κ1) is 29.6. The van der Waals surface area contributed by atoms with Gasteiger partial charge in [0, 0.05) is 30.0 Å². The number of imidazole rings is 1. The van der Waals surface area contributed by atoms with Crippen molar-refractivity contribution < 1.29 is 13.2 Å². The molecule has 224 valence electrons. The van der Waals surface area contributed by atoms with Crippen molar-refractivity contribution in [2.75, 3.05) is 31.5 Å². The largest absolute Gasteiger partial charge is 0.364 e. The van der Waals surface area contributed by atoms with Crippen LogP contribution in [0.4, 0.5) is 5.69 Å². The number of hydrogen-bond donors (Lipinski definition) is 2. The monoisotopic (exact) mass is 624 g/mol. The van der Waals surface area contributed by atoms with Gasteiger partial charge in [-0.15, -0.1) is 11.3 Å². The zero-order chi connectivity index (χ0) is 30.5. The van der Waals surface area contributed by atoms with Gasteiger partial charge < -0.3 is 20.1 Å². The highest BCUT2D eigenvalue weighted by Crippen LogP contribution is 2.34. The van der Waals surface area contributed by atoms with Gasteiger partial charge in [0.2, 0.25) is 9.84 Å². The van der Waals surface area contributed by atoms with E-state index < -0.39 is 15.2 Å². The zero-order valence-corrected chi connectivity index (χ0v) is 25.7. The van der Waals surface area contributed by atoms with Gasteiger partial charge in [-0.25, -0.2) is 13.4 Å². The number of benzene rings is 3. The van der Waals surface area contributed by atoms with E-state index in [4.69, 9.17) is 5.26 Å². The van der Waals surface area contributed by atoms with Crippen LogP contribution in [-0.2, 0) is 16.4 Å². The maximum atomic E-state index is 14.1. The summed E-state index contributed by atoms with van der Waals surface area (Å²) in [6.07, 6.45) is 5.61. The number of thiophene rings is 1. The number of nitrogens with zero attached hydrogens (tertiary/aromatic N) is 4. The lowest BCUT2D eigenvalue weighted by atomic mass is 10.1. The molecule has 1 aliphatic rings. The van der Waals surface area contributed by atoms with Gasteiger partial charge >= 0.3 is 0 Å². The summed E-state index contributed by atoms with van der Waals surface area (Å²) in [5, 5.41) is 15.2. The summed E-state index contributed by atoms with van der Waals surface area (Å²) in [4.78, 5) is 20.3. The van der Waals surface area contributed by atoms with Crippen LogP contribution in [0.15, 0.2) is 96.3 Å². The lowest BCUT2D eigenvalue weighted by Gasteiger charge is -2.22. The minimum Gasteiger partial charge on any atom is -0.364 e. The number of nitrogens with one attached hydrogen (secondary N) is 2. The predicted molar refractivity (Wildman–Crippen MR) is 172 cm³/mol. The normalized spacial score (nSPS) is 14.3. The number of likely N-dealkylation sites (tertiary alicyclic amines) is 1. The molecule has 3 heterocycles. The highest BCUT2D eigenvalue weighted by molar-refractivity contribution is 7.91. The molecule has 1 atom stereocenters. The van der Waals surface area contributed by atoms with Crippen molar-refractivity contribution in [3.63, 3.8) is 0 Å². The maximum absolute atomic E-state index is 14.1. The van der Waals surface area contributed by atoms with Gasteiger partial charge in [-0.1, -0.05) is 30.3 Å². The van der Waals surface area contributed by atoms with E-state index >= 15 is 0 Å². The lowest BCUT2D eigenvalue weighted by molar-refractivity contribution is 0.0954. The average Bonchev–Trinajstić information content (AvgIpc) is 3.82. The summed E-state index contributed by atoms with van der Waals surface area (Å²) in [6.45, 7) is 4.01. The first-order chi connectivity index (χ1) is 21.4. The number of rotatable bonds is 11. The predicted octanol–water partition coefficient (Wildman–Crippen LogP) is 5.43. The molecule has 0 aliphatic carbocycles. The van der Waals surface area contributed by atoms with Gasteiger partial charge in [0.15, 0.2) is 5.37 Å². The molecule has 0 radical (unpaired) electrons. The summed E-state index contributed by atoms with van der Waals surface area (Å²) < 4.78 is 30.9. The average molecular weight is 625 g/mol. The molecule has 3 aromatic carbocycles. The molecular weight excluding hydrogens is 593 g/mol. The molecule has 2 N–H and O–H groups in total. The Balaban J connectivity index is 1.27. The van der Waals surface area contributed by atoms with E-state index in [1.165, 1.54) is 24.2 Å². The molecule has 5 aromatic rings. The Kier molecular flexibility index (Phi) is 8.74. The molecule has 2 aromatic heterocycles. The Bertz CT molecular complexity index is 1900. The quantitative estimate of drug-likeness (QED) is 0.201. The molecule has 9 nitrogen and oxygen atoms in total. The minimum absolute atomic E-state index is 0.101. The molecular formula is C33H32N6O3S2. The summed E-state index contributed by atoms with van der Waals surface area (Å²) >= 11 is 1.42. The van der Waals surface area contributed by atoms with Crippen LogP contribution in [0.2, 0.25) is 0 Å². The van der Waals surface area contributed by atoms with E-state index in [9.17, 15) is 13.2 Å². The molecule has 0 spiro atoms. The van der Waals surface area contributed by atoms with Crippen molar-refractivity contribution in [2.45, 2.75) is 29.7 Å². The number of fused-ring (bicyclic) bond motifs is 1. The third-order valence-electron chi connectivity index (χ3n) is 7.78. The summed E-state index contributed by atoms with van der Waals surface area (Å²) in [6, 6.07) is 25.1. The Morgan fingerprint density at radius 3 is 2.55 bits per heavy atom. The van der Waals surface area contributed by atoms with E-state index in [1.54, 1.807) is 59.6 Å². The summed E-state index contributed by atoms with van der Waals surface area (Å²) in [7, 11) is -3.91. The second kappa shape index (κ2) is 13.0. The van der Waals surface area contributed by atoms with Gasteiger partial charge in [0.25, 0.3) is 5.91 Å². The first-order valence-electron chi connectivity index (χ1n) is 14.5. The van der Waals surface area contributed by atoms with Gasteiger partial charge in [-0.3, -0.25) is 4.79 Å². The van der Waals surface area contributed by atoms with Crippen molar-refractivity contribution >= 4 is 42.9 Å². The molecule has 1 aliphatic heterocycles. The Hall–Kier alpha value is -4.50. The Labute approximate surface area is 260 Å². The summed E-state index contributed by atoms with van der Waals surface area (Å²) in [5.74, 6) is -0.101. The third kappa shape index (κ3) is 6.53. The SMILES string of the molecule is N#Cc1ccc(Cn2cncc2C(Nc2ccc3sc(C(=O)NCCN4CCCC4)cc3c2)S(=O)(=O)c2ccccc2)cc1. The second-order valence-corrected chi connectivity index (χ2v) is 13.9.